The van der Waals surface area contributed by atoms with E-state index in [1.54, 1.807) is 13.8 Å². The molecule has 0 spiro atoms. The minimum atomic E-state index is -3.75. The summed E-state index contributed by atoms with van der Waals surface area (Å²) in [5.74, 6) is -1.63. The molecule has 0 bridgehead atoms. The summed E-state index contributed by atoms with van der Waals surface area (Å²) in [4.78, 5) is 11.1. The molecule has 1 rings (SSSR count). The second-order valence-corrected chi connectivity index (χ2v) is 7.21. The molecule has 0 aromatic carbocycles. The first-order valence-corrected chi connectivity index (χ1v) is 7.96. The molecule has 0 aromatic rings. The SMILES string of the molecule is CC(CC#N)N(C)S(=O)(=O)N1CC(C(=O)O)CCC1C. The van der Waals surface area contributed by atoms with Gasteiger partial charge in [-0.1, -0.05) is 0 Å². The lowest BCUT2D eigenvalue weighted by Gasteiger charge is -2.38. The van der Waals surface area contributed by atoms with Crippen molar-refractivity contribution in [1.29, 1.82) is 5.26 Å². The number of carboxylic acid groups (broad SMARTS) is 1. The molecule has 0 saturated carbocycles. The quantitative estimate of drug-likeness (QED) is 0.803. The van der Waals surface area contributed by atoms with Gasteiger partial charge in [0.1, 0.15) is 0 Å². The lowest BCUT2D eigenvalue weighted by atomic mass is 9.96. The molecule has 1 aliphatic rings. The molecular formula is C12H21N3O4S. The number of hydrogen-bond donors (Lipinski definition) is 1. The Bertz CT molecular complexity index is 499. The zero-order valence-electron chi connectivity index (χ0n) is 12.0. The van der Waals surface area contributed by atoms with E-state index < -0.39 is 28.1 Å². The number of carbonyl (C=O) groups is 1. The number of hydrogen-bond acceptors (Lipinski definition) is 4. The van der Waals surface area contributed by atoms with Crippen molar-refractivity contribution in [2.75, 3.05) is 13.6 Å². The van der Waals surface area contributed by atoms with Crippen LogP contribution in [0.5, 0.6) is 0 Å². The third kappa shape index (κ3) is 3.48. The van der Waals surface area contributed by atoms with Crippen molar-refractivity contribution in [3.63, 3.8) is 0 Å². The summed E-state index contributed by atoms with van der Waals surface area (Å²) in [5, 5.41) is 17.7. The average Bonchev–Trinajstić information content (AvgIpc) is 2.37. The molecule has 0 amide bonds. The summed E-state index contributed by atoms with van der Waals surface area (Å²) in [5.41, 5.74) is 0. The molecule has 1 aliphatic heterocycles. The highest BCUT2D eigenvalue weighted by molar-refractivity contribution is 7.86. The first-order valence-electron chi connectivity index (χ1n) is 6.56. The summed E-state index contributed by atoms with van der Waals surface area (Å²) in [6, 6.07) is 1.27. The number of piperidine rings is 1. The van der Waals surface area contributed by atoms with Gasteiger partial charge in [-0.25, -0.2) is 0 Å². The molecule has 7 nitrogen and oxygen atoms in total. The summed E-state index contributed by atoms with van der Waals surface area (Å²) >= 11 is 0. The van der Waals surface area contributed by atoms with Crippen LogP contribution < -0.4 is 0 Å². The summed E-state index contributed by atoms with van der Waals surface area (Å²) in [7, 11) is -2.32. The number of aliphatic carboxylic acids is 1. The molecule has 1 saturated heterocycles. The summed E-state index contributed by atoms with van der Waals surface area (Å²) in [6.07, 6.45) is 1.11. The van der Waals surface area contributed by atoms with Crippen molar-refractivity contribution in [3.05, 3.63) is 0 Å². The highest BCUT2D eigenvalue weighted by Crippen LogP contribution is 2.26. The maximum Gasteiger partial charge on any atom is 0.307 e. The smallest absolute Gasteiger partial charge is 0.307 e. The van der Waals surface area contributed by atoms with Crippen molar-refractivity contribution in [2.24, 2.45) is 5.92 Å². The Morgan fingerprint density at radius 1 is 1.55 bits per heavy atom. The van der Waals surface area contributed by atoms with E-state index in [2.05, 4.69) is 0 Å². The van der Waals surface area contributed by atoms with Crippen molar-refractivity contribution in [2.45, 2.75) is 45.2 Å². The normalized spacial score (nSPS) is 26.1. The first kappa shape index (κ1) is 16.9. The monoisotopic (exact) mass is 303 g/mol. The summed E-state index contributed by atoms with van der Waals surface area (Å²) in [6.45, 7) is 3.42. The largest absolute Gasteiger partial charge is 0.481 e. The molecule has 1 heterocycles. The molecule has 0 aromatic heterocycles. The molecule has 1 N–H and O–H groups in total. The van der Waals surface area contributed by atoms with Crippen LogP contribution in [-0.2, 0) is 15.0 Å². The predicted molar refractivity (Wildman–Crippen MR) is 72.9 cm³/mol. The van der Waals surface area contributed by atoms with Crippen LogP contribution in [0.1, 0.15) is 33.1 Å². The molecule has 20 heavy (non-hydrogen) atoms. The van der Waals surface area contributed by atoms with E-state index in [-0.39, 0.29) is 19.0 Å². The third-order valence-corrected chi connectivity index (χ3v) is 6.03. The van der Waals surface area contributed by atoms with E-state index >= 15 is 0 Å². The standard InChI is InChI=1S/C12H21N3O4S/c1-9(6-7-13)14(3)20(18,19)15-8-11(12(16)17)5-4-10(15)2/h9-11H,4-6,8H2,1-3H3,(H,16,17). The zero-order valence-corrected chi connectivity index (χ0v) is 12.8. The predicted octanol–water partition coefficient (Wildman–Crippen LogP) is 0.650. The second kappa shape index (κ2) is 6.52. The minimum absolute atomic E-state index is 0.0115. The summed E-state index contributed by atoms with van der Waals surface area (Å²) < 4.78 is 27.4. The molecule has 3 unspecified atom stereocenters. The van der Waals surface area contributed by atoms with Gasteiger partial charge in [0.05, 0.1) is 18.4 Å². The van der Waals surface area contributed by atoms with Crippen LogP contribution in [0.2, 0.25) is 0 Å². The third-order valence-electron chi connectivity index (χ3n) is 3.84. The lowest BCUT2D eigenvalue weighted by molar-refractivity contribution is -0.143. The van der Waals surface area contributed by atoms with Crippen LogP contribution >= 0.6 is 0 Å². The van der Waals surface area contributed by atoms with Gasteiger partial charge in [0.2, 0.25) is 0 Å². The van der Waals surface area contributed by atoms with Crippen LogP contribution in [-0.4, -0.2) is 53.8 Å². The Labute approximate surface area is 120 Å². The number of carboxylic acids is 1. The van der Waals surface area contributed by atoms with Gasteiger partial charge in [0.15, 0.2) is 0 Å². The van der Waals surface area contributed by atoms with Crippen LogP contribution in [0.25, 0.3) is 0 Å². The minimum Gasteiger partial charge on any atom is -0.481 e. The fourth-order valence-corrected chi connectivity index (χ4v) is 4.04. The lowest BCUT2D eigenvalue weighted by Crippen LogP contribution is -2.53. The van der Waals surface area contributed by atoms with Gasteiger partial charge in [0, 0.05) is 25.7 Å². The van der Waals surface area contributed by atoms with E-state index in [4.69, 9.17) is 10.4 Å². The Morgan fingerprint density at radius 2 is 2.15 bits per heavy atom. The van der Waals surface area contributed by atoms with Gasteiger partial charge in [-0.2, -0.15) is 22.3 Å². The highest BCUT2D eigenvalue weighted by Gasteiger charge is 2.39. The Morgan fingerprint density at radius 3 is 2.65 bits per heavy atom. The van der Waals surface area contributed by atoms with Crippen LogP contribution in [0.15, 0.2) is 0 Å². The van der Waals surface area contributed by atoms with Crippen molar-refractivity contribution in [1.82, 2.24) is 8.61 Å². The van der Waals surface area contributed by atoms with E-state index in [9.17, 15) is 13.2 Å². The van der Waals surface area contributed by atoms with E-state index in [0.717, 1.165) is 4.31 Å². The van der Waals surface area contributed by atoms with Gasteiger partial charge in [-0.3, -0.25) is 4.79 Å². The maximum absolute atomic E-state index is 12.5. The molecular weight excluding hydrogens is 282 g/mol. The molecule has 0 aliphatic carbocycles. The number of nitrogens with zero attached hydrogens (tertiary/aromatic N) is 3. The highest BCUT2D eigenvalue weighted by atomic mass is 32.2. The van der Waals surface area contributed by atoms with E-state index in [0.29, 0.717) is 12.8 Å². The number of rotatable bonds is 5. The second-order valence-electron chi connectivity index (χ2n) is 5.27. The van der Waals surface area contributed by atoms with E-state index in [1.807, 2.05) is 6.07 Å². The van der Waals surface area contributed by atoms with Crippen LogP contribution in [0.3, 0.4) is 0 Å². The van der Waals surface area contributed by atoms with Gasteiger partial charge >= 0.3 is 5.97 Å². The van der Waals surface area contributed by atoms with Crippen molar-refractivity contribution < 1.29 is 18.3 Å². The topological polar surface area (TPSA) is 102 Å². The van der Waals surface area contributed by atoms with Gasteiger partial charge in [-0.05, 0) is 26.7 Å². The van der Waals surface area contributed by atoms with Crippen LogP contribution in [0.4, 0.5) is 0 Å². The Kier molecular flexibility index (Phi) is 5.50. The number of nitriles is 1. The van der Waals surface area contributed by atoms with Gasteiger partial charge in [0.25, 0.3) is 10.2 Å². The zero-order chi connectivity index (χ0) is 15.5. The van der Waals surface area contributed by atoms with Gasteiger partial charge < -0.3 is 5.11 Å². The van der Waals surface area contributed by atoms with E-state index in [1.165, 1.54) is 11.4 Å². The van der Waals surface area contributed by atoms with Crippen molar-refractivity contribution in [3.8, 4) is 6.07 Å². The fourth-order valence-electron chi connectivity index (χ4n) is 2.25. The fraction of sp³-hybridized carbons (Fsp3) is 0.833. The van der Waals surface area contributed by atoms with Crippen molar-refractivity contribution >= 4 is 16.2 Å². The Hall–Kier alpha value is -1.17. The maximum atomic E-state index is 12.5. The Balaban J connectivity index is 2.94. The molecule has 0 radical (unpaired) electrons. The van der Waals surface area contributed by atoms with Crippen LogP contribution in [0, 0.1) is 17.2 Å². The molecule has 3 atom stereocenters. The van der Waals surface area contributed by atoms with Gasteiger partial charge in [-0.15, -0.1) is 0 Å². The molecule has 114 valence electrons. The molecule has 1 fully saturated rings. The average molecular weight is 303 g/mol. The first-order chi connectivity index (χ1) is 9.21. The molecule has 8 heteroatoms.